The standard InChI is InChI=1S/C9H14N4/c10-9-8(4-5-11-12-9)13-6-2-1-3-7-13/h4-5H,1-3,6-7H2,(H2,10,12). The fourth-order valence-electron chi connectivity index (χ4n) is 1.74. The van der Waals surface area contributed by atoms with E-state index in [2.05, 4.69) is 15.1 Å². The summed E-state index contributed by atoms with van der Waals surface area (Å²) in [5.74, 6) is 0.546. The maximum atomic E-state index is 5.74. The normalized spacial score (nSPS) is 17.4. The molecule has 0 atom stereocenters. The summed E-state index contributed by atoms with van der Waals surface area (Å²) < 4.78 is 0. The maximum Gasteiger partial charge on any atom is 0.169 e. The van der Waals surface area contributed by atoms with Gasteiger partial charge in [0, 0.05) is 13.1 Å². The number of hydrogen-bond acceptors (Lipinski definition) is 4. The van der Waals surface area contributed by atoms with Crippen molar-refractivity contribution in [2.75, 3.05) is 23.7 Å². The van der Waals surface area contributed by atoms with Gasteiger partial charge in [-0.05, 0) is 25.3 Å². The van der Waals surface area contributed by atoms with Gasteiger partial charge in [0.2, 0.25) is 0 Å². The van der Waals surface area contributed by atoms with Crippen LogP contribution in [0.25, 0.3) is 0 Å². The molecule has 1 aliphatic heterocycles. The summed E-state index contributed by atoms with van der Waals surface area (Å²) in [7, 11) is 0. The van der Waals surface area contributed by atoms with Crippen molar-refractivity contribution in [2.45, 2.75) is 19.3 Å². The lowest BCUT2D eigenvalue weighted by Gasteiger charge is -2.28. The lowest BCUT2D eigenvalue weighted by atomic mass is 10.1. The minimum absolute atomic E-state index is 0.546. The first-order valence-electron chi connectivity index (χ1n) is 4.70. The van der Waals surface area contributed by atoms with Gasteiger partial charge in [-0.15, -0.1) is 5.10 Å². The summed E-state index contributed by atoms with van der Waals surface area (Å²) in [4.78, 5) is 2.29. The van der Waals surface area contributed by atoms with Gasteiger partial charge in [0.1, 0.15) is 0 Å². The van der Waals surface area contributed by atoms with Crippen molar-refractivity contribution in [1.82, 2.24) is 10.2 Å². The summed E-state index contributed by atoms with van der Waals surface area (Å²) in [6.07, 6.45) is 5.53. The first kappa shape index (κ1) is 8.29. The molecule has 1 saturated heterocycles. The number of nitrogen functional groups attached to an aromatic ring is 1. The quantitative estimate of drug-likeness (QED) is 0.698. The first-order valence-corrected chi connectivity index (χ1v) is 4.70. The van der Waals surface area contributed by atoms with Crippen LogP contribution in [0.15, 0.2) is 12.3 Å². The van der Waals surface area contributed by atoms with Gasteiger partial charge in [0.25, 0.3) is 0 Å². The highest BCUT2D eigenvalue weighted by molar-refractivity contribution is 5.62. The summed E-state index contributed by atoms with van der Waals surface area (Å²) in [5.41, 5.74) is 6.77. The zero-order valence-corrected chi connectivity index (χ0v) is 7.61. The summed E-state index contributed by atoms with van der Waals surface area (Å²) in [5, 5.41) is 7.58. The molecule has 2 N–H and O–H groups in total. The molecule has 0 unspecified atom stereocenters. The summed E-state index contributed by atoms with van der Waals surface area (Å²) in [6.45, 7) is 2.19. The third-order valence-electron chi connectivity index (χ3n) is 2.42. The Balaban J connectivity index is 2.18. The van der Waals surface area contributed by atoms with Crippen LogP contribution in [0, 0.1) is 0 Å². The third kappa shape index (κ3) is 1.71. The number of hydrogen-bond donors (Lipinski definition) is 1. The van der Waals surface area contributed by atoms with Crippen molar-refractivity contribution < 1.29 is 0 Å². The van der Waals surface area contributed by atoms with Crippen LogP contribution >= 0.6 is 0 Å². The van der Waals surface area contributed by atoms with Crippen molar-refractivity contribution >= 4 is 11.5 Å². The van der Waals surface area contributed by atoms with Crippen LogP contribution in [0.1, 0.15) is 19.3 Å². The van der Waals surface area contributed by atoms with Crippen LogP contribution in [-0.2, 0) is 0 Å². The number of piperidine rings is 1. The number of anilines is 2. The minimum atomic E-state index is 0.546. The van der Waals surface area contributed by atoms with Crippen molar-refractivity contribution in [1.29, 1.82) is 0 Å². The monoisotopic (exact) mass is 178 g/mol. The van der Waals surface area contributed by atoms with E-state index in [-0.39, 0.29) is 0 Å². The van der Waals surface area contributed by atoms with E-state index in [1.54, 1.807) is 6.20 Å². The van der Waals surface area contributed by atoms with E-state index < -0.39 is 0 Å². The summed E-state index contributed by atoms with van der Waals surface area (Å²) in [6, 6.07) is 1.94. The molecule has 2 rings (SSSR count). The molecule has 0 bridgehead atoms. The van der Waals surface area contributed by atoms with Crippen molar-refractivity contribution in [3.63, 3.8) is 0 Å². The maximum absolute atomic E-state index is 5.74. The van der Waals surface area contributed by atoms with E-state index in [0.29, 0.717) is 5.82 Å². The molecule has 0 radical (unpaired) electrons. The highest BCUT2D eigenvalue weighted by Gasteiger charge is 2.13. The number of rotatable bonds is 1. The molecule has 0 spiro atoms. The minimum Gasteiger partial charge on any atom is -0.380 e. The Morgan fingerprint density at radius 2 is 2.00 bits per heavy atom. The van der Waals surface area contributed by atoms with Gasteiger partial charge < -0.3 is 10.6 Å². The Labute approximate surface area is 77.8 Å². The van der Waals surface area contributed by atoms with Gasteiger partial charge in [0.15, 0.2) is 5.82 Å². The highest BCUT2D eigenvalue weighted by atomic mass is 15.2. The topological polar surface area (TPSA) is 55.0 Å². The van der Waals surface area contributed by atoms with Crippen molar-refractivity contribution in [2.24, 2.45) is 0 Å². The number of aromatic nitrogens is 2. The molecule has 4 nitrogen and oxygen atoms in total. The van der Waals surface area contributed by atoms with Gasteiger partial charge in [-0.3, -0.25) is 0 Å². The summed E-state index contributed by atoms with van der Waals surface area (Å²) >= 11 is 0. The third-order valence-corrected chi connectivity index (χ3v) is 2.42. The lowest BCUT2D eigenvalue weighted by molar-refractivity contribution is 0.577. The van der Waals surface area contributed by atoms with E-state index in [4.69, 9.17) is 5.73 Å². The van der Waals surface area contributed by atoms with Crippen LogP contribution in [0.4, 0.5) is 11.5 Å². The first-order chi connectivity index (χ1) is 6.38. The molecule has 1 aromatic heterocycles. The fourth-order valence-corrected chi connectivity index (χ4v) is 1.74. The predicted molar refractivity (Wildman–Crippen MR) is 52.5 cm³/mol. The largest absolute Gasteiger partial charge is 0.380 e. The van der Waals surface area contributed by atoms with E-state index in [0.717, 1.165) is 18.8 Å². The van der Waals surface area contributed by atoms with Crippen molar-refractivity contribution in [3.8, 4) is 0 Å². The molecule has 1 fully saturated rings. The molecular weight excluding hydrogens is 164 g/mol. The average molecular weight is 178 g/mol. The number of nitrogens with two attached hydrogens (primary N) is 1. The Kier molecular flexibility index (Phi) is 2.29. The van der Waals surface area contributed by atoms with E-state index in [1.807, 2.05) is 6.07 Å². The smallest absolute Gasteiger partial charge is 0.169 e. The second-order valence-corrected chi connectivity index (χ2v) is 3.35. The Morgan fingerprint density at radius 3 is 2.69 bits per heavy atom. The van der Waals surface area contributed by atoms with Gasteiger partial charge in [-0.2, -0.15) is 5.10 Å². The zero-order chi connectivity index (χ0) is 9.10. The Hall–Kier alpha value is -1.32. The molecule has 0 aromatic carbocycles. The molecule has 13 heavy (non-hydrogen) atoms. The van der Waals surface area contributed by atoms with Crippen LogP contribution in [-0.4, -0.2) is 23.3 Å². The van der Waals surface area contributed by atoms with E-state index in [9.17, 15) is 0 Å². The van der Waals surface area contributed by atoms with Crippen molar-refractivity contribution in [3.05, 3.63) is 12.3 Å². The highest BCUT2D eigenvalue weighted by Crippen LogP contribution is 2.22. The second-order valence-electron chi connectivity index (χ2n) is 3.35. The molecule has 70 valence electrons. The molecule has 1 aromatic rings. The van der Waals surface area contributed by atoms with E-state index >= 15 is 0 Å². The molecule has 1 aliphatic rings. The predicted octanol–water partition coefficient (Wildman–Crippen LogP) is 1.05. The lowest BCUT2D eigenvalue weighted by Crippen LogP contribution is -2.30. The van der Waals surface area contributed by atoms with Gasteiger partial charge >= 0.3 is 0 Å². The Morgan fingerprint density at radius 1 is 1.23 bits per heavy atom. The molecule has 4 heteroatoms. The molecule has 0 amide bonds. The van der Waals surface area contributed by atoms with Gasteiger partial charge in [-0.25, -0.2) is 0 Å². The average Bonchev–Trinajstić information content (AvgIpc) is 2.20. The molecular formula is C9H14N4. The van der Waals surface area contributed by atoms with Crippen LogP contribution in [0.3, 0.4) is 0 Å². The van der Waals surface area contributed by atoms with Gasteiger partial charge in [-0.1, -0.05) is 0 Å². The van der Waals surface area contributed by atoms with Crippen LogP contribution < -0.4 is 10.6 Å². The Bertz CT molecular complexity index is 281. The zero-order valence-electron chi connectivity index (χ0n) is 7.61. The number of nitrogens with zero attached hydrogens (tertiary/aromatic N) is 3. The van der Waals surface area contributed by atoms with Crippen LogP contribution in [0.2, 0.25) is 0 Å². The van der Waals surface area contributed by atoms with Gasteiger partial charge in [0.05, 0.1) is 11.9 Å². The fraction of sp³-hybridized carbons (Fsp3) is 0.556. The molecule has 2 heterocycles. The SMILES string of the molecule is Nc1nnccc1N1CCCCC1. The van der Waals surface area contributed by atoms with Crippen LogP contribution in [0.5, 0.6) is 0 Å². The van der Waals surface area contributed by atoms with E-state index in [1.165, 1.54) is 19.3 Å². The molecule has 0 aliphatic carbocycles. The molecule has 0 saturated carbocycles. The second kappa shape index (κ2) is 3.60.